The number of hydrogen-bond donors (Lipinski definition) is 1. The number of benzene rings is 1. The Labute approximate surface area is 113 Å². The van der Waals surface area contributed by atoms with Crippen LogP contribution in [0.4, 0.5) is 0 Å². The van der Waals surface area contributed by atoms with E-state index in [0.29, 0.717) is 6.54 Å². The van der Waals surface area contributed by atoms with Crippen LogP contribution < -0.4 is 5.73 Å². The van der Waals surface area contributed by atoms with Crippen LogP contribution in [-0.2, 0) is 13.1 Å². The van der Waals surface area contributed by atoms with E-state index in [1.807, 2.05) is 29.1 Å². The zero-order valence-electron chi connectivity index (χ0n) is 10.8. The molecule has 0 fully saturated rings. The minimum Gasteiger partial charge on any atom is -0.326 e. The van der Waals surface area contributed by atoms with Crippen molar-refractivity contribution in [1.29, 1.82) is 0 Å². The Balaban J connectivity index is 2.42. The van der Waals surface area contributed by atoms with Crippen molar-refractivity contribution < 1.29 is 0 Å². The van der Waals surface area contributed by atoms with Crippen LogP contribution in [0.1, 0.15) is 24.6 Å². The quantitative estimate of drug-likeness (QED) is 0.919. The highest BCUT2D eigenvalue weighted by atomic mass is 35.5. The second kappa shape index (κ2) is 5.55. The Kier molecular flexibility index (Phi) is 4.04. The Hall–Kier alpha value is -1.32. The van der Waals surface area contributed by atoms with Crippen LogP contribution in [0.2, 0.25) is 5.02 Å². The molecule has 0 unspecified atom stereocenters. The van der Waals surface area contributed by atoms with E-state index in [-0.39, 0.29) is 0 Å². The van der Waals surface area contributed by atoms with E-state index in [1.54, 1.807) is 0 Å². The zero-order valence-corrected chi connectivity index (χ0v) is 11.5. The minimum absolute atomic E-state index is 0.508. The summed E-state index contributed by atoms with van der Waals surface area (Å²) in [5, 5.41) is 5.13. The highest BCUT2D eigenvalue weighted by Crippen LogP contribution is 2.30. The fraction of sp³-hybridized carbons (Fsp3) is 0.357. The largest absolute Gasteiger partial charge is 0.326 e. The molecule has 0 saturated carbocycles. The molecule has 2 aromatic rings. The number of nitrogens with two attached hydrogens (primary N) is 1. The Morgan fingerprint density at radius 1 is 1.33 bits per heavy atom. The van der Waals surface area contributed by atoms with E-state index in [4.69, 9.17) is 17.3 Å². The Morgan fingerprint density at radius 3 is 2.72 bits per heavy atom. The summed E-state index contributed by atoms with van der Waals surface area (Å²) >= 11 is 6.31. The molecule has 0 amide bonds. The molecule has 96 valence electrons. The SMILES string of the molecule is CCCn1ncc(-c2ccc(CN)cc2Cl)c1C. The molecule has 1 aromatic heterocycles. The molecule has 2 rings (SSSR count). The van der Waals surface area contributed by atoms with E-state index in [0.717, 1.165) is 40.4 Å². The highest BCUT2D eigenvalue weighted by Gasteiger charge is 2.11. The topological polar surface area (TPSA) is 43.8 Å². The van der Waals surface area contributed by atoms with Crippen molar-refractivity contribution in [3.63, 3.8) is 0 Å². The maximum atomic E-state index is 6.31. The molecule has 0 aliphatic rings. The first kappa shape index (κ1) is 13.1. The number of hydrogen-bond acceptors (Lipinski definition) is 2. The van der Waals surface area contributed by atoms with Gasteiger partial charge in [0.25, 0.3) is 0 Å². The van der Waals surface area contributed by atoms with E-state index >= 15 is 0 Å². The molecule has 18 heavy (non-hydrogen) atoms. The molecule has 0 bridgehead atoms. The van der Waals surface area contributed by atoms with Crippen LogP contribution in [0.3, 0.4) is 0 Å². The van der Waals surface area contributed by atoms with Crippen molar-refractivity contribution in [3.8, 4) is 11.1 Å². The van der Waals surface area contributed by atoms with E-state index in [9.17, 15) is 0 Å². The van der Waals surface area contributed by atoms with E-state index < -0.39 is 0 Å². The third-order valence-corrected chi connectivity index (χ3v) is 3.41. The minimum atomic E-state index is 0.508. The zero-order chi connectivity index (χ0) is 13.1. The van der Waals surface area contributed by atoms with Crippen molar-refractivity contribution in [1.82, 2.24) is 9.78 Å². The summed E-state index contributed by atoms with van der Waals surface area (Å²) in [6.07, 6.45) is 2.95. The fourth-order valence-electron chi connectivity index (χ4n) is 2.05. The smallest absolute Gasteiger partial charge is 0.0571 e. The molecule has 1 heterocycles. The number of aryl methyl sites for hydroxylation is 1. The molecule has 2 N–H and O–H groups in total. The maximum Gasteiger partial charge on any atom is 0.0571 e. The monoisotopic (exact) mass is 263 g/mol. The van der Waals surface area contributed by atoms with Gasteiger partial charge in [0.1, 0.15) is 0 Å². The van der Waals surface area contributed by atoms with E-state index in [1.165, 1.54) is 0 Å². The van der Waals surface area contributed by atoms with Gasteiger partial charge >= 0.3 is 0 Å². The number of aromatic nitrogens is 2. The molecule has 4 heteroatoms. The van der Waals surface area contributed by atoms with E-state index in [2.05, 4.69) is 18.9 Å². The predicted molar refractivity (Wildman–Crippen MR) is 75.6 cm³/mol. The number of rotatable bonds is 4. The molecular formula is C14H18ClN3. The first-order chi connectivity index (χ1) is 8.67. The summed E-state index contributed by atoms with van der Waals surface area (Å²) in [4.78, 5) is 0. The predicted octanol–water partition coefficient (Wildman–Crippen LogP) is 3.38. The summed E-state index contributed by atoms with van der Waals surface area (Å²) in [7, 11) is 0. The second-order valence-corrected chi connectivity index (χ2v) is 4.79. The Bertz CT molecular complexity index is 546. The average Bonchev–Trinajstić information content (AvgIpc) is 2.72. The van der Waals surface area contributed by atoms with Crippen molar-refractivity contribution >= 4 is 11.6 Å². The van der Waals surface area contributed by atoms with Gasteiger partial charge in [0, 0.05) is 34.9 Å². The molecule has 0 radical (unpaired) electrons. The van der Waals surface area contributed by atoms with Gasteiger partial charge in [-0.3, -0.25) is 4.68 Å². The fourth-order valence-corrected chi connectivity index (χ4v) is 2.36. The van der Waals surface area contributed by atoms with Crippen LogP contribution in [0.15, 0.2) is 24.4 Å². The van der Waals surface area contributed by atoms with Crippen LogP contribution in [-0.4, -0.2) is 9.78 Å². The molecule has 0 atom stereocenters. The third kappa shape index (κ3) is 2.42. The highest BCUT2D eigenvalue weighted by molar-refractivity contribution is 6.33. The normalized spacial score (nSPS) is 10.9. The lowest BCUT2D eigenvalue weighted by atomic mass is 10.0. The van der Waals surface area contributed by atoms with Crippen LogP contribution in [0, 0.1) is 6.92 Å². The van der Waals surface area contributed by atoms with Gasteiger partial charge in [-0.2, -0.15) is 5.10 Å². The molecule has 0 aliphatic heterocycles. The van der Waals surface area contributed by atoms with Crippen LogP contribution in [0.25, 0.3) is 11.1 Å². The lowest BCUT2D eigenvalue weighted by Crippen LogP contribution is -2.01. The second-order valence-electron chi connectivity index (χ2n) is 4.39. The number of halogens is 1. The number of nitrogens with zero attached hydrogens (tertiary/aromatic N) is 2. The summed E-state index contributed by atoms with van der Waals surface area (Å²) in [5.41, 5.74) is 9.92. The molecule has 0 spiro atoms. The molecule has 3 nitrogen and oxygen atoms in total. The van der Waals surface area contributed by atoms with Crippen molar-refractivity contribution in [2.75, 3.05) is 0 Å². The lowest BCUT2D eigenvalue weighted by Gasteiger charge is -2.07. The van der Waals surface area contributed by atoms with Gasteiger partial charge in [-0.05, 0) is 25.0 Å². The van der Waals surface area contributed by atoms with Gasteiger partial charge in [-0.25, -0.2) is 0 Å². The summed E-state index contributed by atoms with van der Waals surface area (Å²) < 4.78 is 2.02. The first-order valence-electron chi connectivity index (χ1n) is 6.18. The Morgan fingerprint density at radius 2 is 2.11 bits per heavy atom. The average molecular weight is 264 g/mol. The van der Waals surface area contributed by atoms with Gasteiger partial charge in [0.2, 0.25) is 0 Å². The standard InChI is InChI=1S/C14H18ClN3/c1-3-6-18-10(2)13(9-17-18)12-5-4-11(8-16)7-14(12)15/h4-5,7,9H,3,6,8,16H2,1-2H3. The third-order valence-electron chi connectivity index (χ3n) is 3.10. The van der Waals surface area contributed by atoms with Crippen molar-refractivity contribution in [2.24, 2.45) is 5.73 Å². The molecular weight excluding hydrogens is 246 g/mol. The summed E-state index contributed by atoms with van der Waals surface area (Å²) in [6, 6.07) is 5.95. The van der Waals surface area contributed by atoms with Crippen molar-refractivity contribution in [2.45, 2.75) is 33.4 Å². The molecule has 1 aromatic carbocycles. The van der Waals surface area contributed by atoms with Crippen LogP contribution in [0.5, 0.6) is 0 Å². The van der Waals surface area contributed by atoms with Gasteiger partial charge in [-0.15, -0.1) is 0 Å². The van der Waals surface area contributed by atoms with Gasteiger partial charge in [0.05, 0.1) is 6.20 Å². The lowest BCUT2D eigenvalue weighted by molar-refractivity contribution is 0.587. The van der Waals surface area contributed by atoms with Crippen molar-refractivity contribution in [3.05, 3.63) is 40.7 Å². The molecule has 0 saturated heterocycles. The van der Waals surface area contributed by atoms with Crippen LogP contribution >= 0.6 is 11.6 Å². The summed E-state index contributed by atoms with van der Waals surface area (Å²) in [6.45, 7) is 5.66. The van der Waals surface area contributed by atoms with Gasteiger partial charge in [0.15, 0.2) is 0 Å². The molecule has 0 aliphatic carbocycles. The summed E-state index contributed by atoms with van der Waals surface area (Å²) in [5.74, 6) is 0. The van der Waals surface area contributed by atoms with Gasteiger partial charge < -0.3 is 5.73 Å². The maximum absolute atomic E-state index is 6.31. The first-order valence-corrected chi connectivity index (χ1v) is 6.56. The van der Waals surface area contributed by atoms with Gasteiger partial charge in [-0.1, -0.05) is 30.7 Å².